The number of hydrogen-bond donors (Lipinski definition) is 0. The largest absolute Gasteiger partial charge is 0.416 e. The number of alkyl halides is 3. The van der Waals surface area contributed by atoms with Crippen molar-refractivity contribution in [3.63, 3.8) is 0 Å². The van der Waals surface area contributed by atoms with Crippen LogP contribution >= 0.6 is 0 Å². The number of carbonyl (C=O) groups excluding carboxylic acids is 1. The summed E-state index contributed by atoms with van der Waals surface area (Å²) in [5, 5.41) is 4.47. The smallest absolute Gasteiger partial charge is 0.368 e. The fraction of sp³-hybridized carbons (Fsp3) is 0.333. The second kappa shape index (κ2) is 8.68. The summed E-state index contributed by atoms with van der Waals surface area (Å²) in [5.41, 5.74) is 3.48. The Balaban J connectivity index is 1.41. The van der Waals surface area contributed by atoms with Crippen molar-refractivity contribution >= 4 is 11.6 Å². The van der Waals surface area contributed by atoms with Crippen LogP contribution in [0.25, 0.3) is 0 Å². The van der Waals surface area contributed by atoms with Gasteiger partial charge in [-0.2, -0.15) is 18.3 Å². The SMILES string of the molecule is Cc1cc(C)n(Cc2cccc(C(=O)N3CCN(c4cccc(C(F)(F)F)c4)CC3)c2)n1. The van der Waals surface area contributed by atoms with E-state index in [4.69, 9.17) is 0 Å². The molecule has 0 radical (unpaired) electrons. The van der Waals surface area contributed by atoms with Crippen LogP contribution in [0, 0.1) is 13.8 Å². The number of nitrogens with zero attached hydrogens (tertiary/aromatic N) is 4. The standard InChI is InChI=1S/C24H25F3N4O/c1-17-13-18(2)31(28-17)16-19-5-3-6-20(14-19)23(32)30-11-9-29(10-12-30)22-8-4-7-21(15-22)24(25,26)27/h3-8,13-15H,9-12,16H2,1-2H3. The molecule has 1 saturated heterocycles. The minimum Gasteiger partial charge on any atom is -0.368 e. The highest BCUT2D eigenvalue weighted by molar-refractivity contribution is 5.94. The van der Waals surface area contributed by atoms with Crippen molar-refractivity contribution in [2.45, 2.75) is 26.6 Å². The van der Waals surface area contributed by atoms with Gasteiger partial charge >= 0.3 is 6.18 Å². The predicted molar refractivity (Wildman–Crippen MR) is 117 cm³/mol. The molecule has 1 aliphatic heterocycles. The Kier molecular flexibility index (Phi) is 5.95. The molecule has 3 aromatic rings. The number of amides is 1. The van der Waals surface area contributed by atoms with Gasteiger partial charge in [0.15, 0.2) is 0 Å². The Morgan fingerprint density at radius 1 is 0.969 bits per heavy atom. The number of hydrogen-bond acceptors (Lipinski definition) is 3. The number of anilines is 1. The van der Waals surface area contributed by atoms with Crippen molar-refractivity contribution in [3.05, 3.63) is 82.7 Å². The van der Waals surface area contributed by atoms with Crippen LogP contribution < -0.4 is 4.90 Å². The van der Waals surface area contributed by atoms with Gasteiger partial charge in [-0.15, -0.1) is 0 Å². The van der Waals surface area contributed by atoms with Crippen LogP contribution in [0.5, 0.6) is 0 Å². The van der Waals surface area contributed by atoms with Crippen LogP contribution in [0.4, 0.5) is 18.9 Å². The van der Waals surface area contributed by atoms with Gasteiger partial charge in [-0.05, 0) is 55.8 Å². The monoisotopic (exact) mass is 442 g/mol. The number of halogens is 3. The highest BCUT2D eigenvalue weighted by Crippen LogP contribution is 2.32. The predicted octanol–water partition coefficient (Wildman–Crippen LogP) is 4.53. The zero-order valence-electron chi connectivity index (χ0n) is 18.1. The van der Waals surface area contributed by atoms with E-state index in [1.165, 1.54) is 12.1 Å². The highest BCUT2D eigenvalue weighted by atomic mass is 19.4. The van der Waals surface area contributed by atoms with Crippen molar-refractivity contribution in [1.82, 2.24) is 14.7 Å². The second-order valence-corrected chi connectivity index (χ2v) is 8.11. The summed E-state index contributed by atoms with van der Waals surface area (Å²) < 4.78 is 40.9. The highest BCUT2D eigenvalue weighted by Gasteiger charge is 2.31. The summed E-state index contributed by atoms with van der Waals surface area (Å²) >= 11 is 0. The third-order valence-electron chi connectivity index (χ3n) is 5.72. The van der Waals surface area contributed by atoms with E-state index in [9.17, 15) is 18.0 Å². The summed E-state index contributed by atoms with van der Waals surface area (Å²) in [7, 11) is 0. The lowest BCUT2D eigenvalue weighted by atomic mass is 10.1. The first-order valence-electron chi connectivity index (χ1n) is 10.5. The lowest BCUT2D eigenvalue weighted by Crippen LogP contribution is -2.48. The Hall–Kier alpha value is -3.29. The summed E-state index contributed by atoms with van der Waals surface area (Å²) in [6.45, 7) is 6.41. The first-order valence-corrected chi connectivity index (χ1v) is 10.5. The molecule has 0 atom stereocenters. The second-order valence-electron chi connectivity index (χ2n) is 8.11. The molecule has 1 aromatic heterocycles. The first-order chi connectivity index (χ1) is 15.2. The lowest BCUT2D eigenvalue weighted by Gasteiger charge is -2.36. The Labute approximate surface area is 185 Å². The molecule has 0 saturated carbocycles. The quantitative estimate of drug-likeness (QED) is 0.596. The average Bonchev–Trinajstić information content (AvgIpc) is 3.09. The number of piperazine rings is 1. The maximum absolute atomic E-state index is 13.0. The molecular weight excluding hydrogens is 417 g/mol. The van der Waals surface area contributed by atoms with Gasteiger partial charge in [0, 0.05) is 43.1 Å². The van der Waals surface area contributed by atoms with Crippen LogP contribution in [-0.4, -0.2) is 46.8 Å². The Morgan fingerprint density at radius 2 is 1.69 bits per heavy atom. The maximum Gasteiger partial charge on any atom is 0.416 e. The van der Waals surface area contributed by atoms with Gasteiger partial charge in [-0.25, -0.2) is 0 Å². The molecule has 0 N–H and O–H groups in total. The van der Waals surface area contributed by atoms with Crippen molar-refractivity contribution in [1.29, 1.82) is 0 Å². The van der Waals surface area contributed by atoms with Crippen molar-refractivity contribution in [2.75, 3.05) is 31.1 Å². The fourth-order valence-electron chi connectivity index (χ4n) is 4.04. The van der Waals surface area contributed by atoms with Crippen molar-refractivity contribution < 1.29 is 18.0 Å². The van der Waals surface area contributed by atoms with Gasteiger partial charge < -0.3 is 9.80 Å². The van der Waals surface area contributed by atoms with E-state index in [1.54, 1.807) is 17.0 Å². The van der Waals surface area contributed by atoms with E-state index in [-0.39, 0.29) is 5.91 Å². The fourth-order valence-corrected chi connectivity index (χ4v) is 4.04. The Morgan fingerprint density at radius 3 is 2.34 bits per heavy atom. The molecule has 0 bridgehead atoms. The van der Waals surface area contributed by atoms with Crippen LogP contribution in [0.3, 0.4) is 0 Å². The molecule has 0 spiro atoms. The van der Waals surface area contributed by atoms with Crippen LogP contribution in [0.1, 0.15) is 32.9 Å². The van der Waals surface area contributed by atoms with Gasteiger partial charge in [-0.1, -0.05) is 18.2 Å². The number of rotatable bonds is 4. The van der Waals surface area contributed by atoms with E-state index in [0.29, 0.717) is 44.0 Å². The molecule has 1 fully saturated rings. The maximum atomic E-state index is 13.0. The molecule has 5 nitrogen and oxygen atoms in total. The first kappa shape index (κ1) is 21.9. The zero-order valence-corrected chi connectivity index (χ0v) is 18.1. The molecular formula is C24H25F3N4O. The molecule has 0 unspecified atom stereocenters. The van der Waals surface area contributed by atoms with Gasteiger partial charge in [-0.3, -0.25) is 9.48 Å². The van der Waals surface area contributed by atoms with Crippen molar-refractivity contribution in [3.8, 4) is 0 Å². The van der Waals surface area contributed by atoms with E-state index < -0.39 is 11.7 Å². The molecule has 2 aromatic carbocycles. The van der Waals surface area contributed by atoms with Crippen LogP contribution in [0.2, 0.25) is 0 Å². The third kappa shape index (κ3) is 4.79. The molecule has 32 heavy (non-hydrogen) atoms. The topological polar surface area (TPSA) is 41.4 Å². The summed E-state index contributed by atoms with van der Waals surface area (Å²) in [4.78, 5) is 16.7. The van der Waals surface area contributed by atoms with Crippen LogP contribution in [0.15, 0.2) is 54.6 Å². The van der Waals surface area contributed by atoms with E-state index in [2.05, 4.69) is 5.10 Å². The Bertz CT molecular complexity index is 1110. The van der Waals surface area contributed by atoms with E-state index in [0.717, 1.165) is 23.0 Å². The molecule has 8 heteroatoms. The minimum absolute atomic E-state index is 0.0658. The number of aromatic nitrogens is 2. The minimum atomic E-state index is -4.37. The zero-order chi connectivity index (χ0) is 22.9. The van der Waals surface area contributed by atoms with Gasteiger partial charge in [0.1, 0.15) is 0 Å². The molecule has 168 valence electrons. The molecule has 2 heterocycles. The van der Waals surface area contributed by atoms with Crippen molar-refractivity contribution in [2.24, 2.45) is 0 Å². The molecule has 4 rings (SSSR count). The molecule has 0 aliphatic carbocycles. The normalized spacial score (nSPS) is 14.7. The number of aryl methyl sites for hydroxylation is 2. The summed E-state index contributed by atoms with van der Waals surface area (Å²) in [5.74, 6) is -0.0658. The number of carbonyl (C=O) groups is 1. The van der Waals surface area contributed by atoms with E-state index in [1.807, 2.05) is 47.7 Å². The van der Waals surface area contributed by atoms with Gasteiger partial charge in [0.2, 0.25) is 0 Å². The lowest BCUT2D eigenvalue weighted by molar-refractivity contribution is -0.137. The number of benzene rings is 2. The van der Waals surface area contributed by atoms with Gasteiger partial charge in [0.25, 0.3) is 5.91 Å². The molecule has 1 aliphatic rings. The third-order valence-corrected chi connectivity index (χ3v) is 5.72. The van der Waals surface area contributed by atoms with E-state index >= 15 is 0 Å². The molecule has 1 amide bonds. The van der Waals surface area contributed by atoms with Crippen LogP contribution in [-0.2, 0) is 12.7 Å². The summed E-state index contributed by atoms with van der Waals surface area (Å²) in [6, 6.07) is 14.9. The average molecular weight is 442 g/mol. The van der Waals surface area contributed by atoms with Gasteiger partial charge in [0.05, 0.1) is 17.8 Å². The summed E-state index contributed by atoms with van der Waals surface area (Å²) in [6.07, 6.45) is -4.37.